The van der Waals surface area contributed by atoms with E-state index in [4.69, 9.17) is 15.2 Å². The molecule has 0 aliphatic heterocycles. The van der Waals surface area contributed by atoms with Crippen molar-refractivity contribution in [1.29, 1.82) is 0 Å². The first-order valence-electron chi connectivity index (χ1n) is 6.50. The zero-order valence-electron chi connectivity index (χ0n) is 11.9. The van der Waals surface area contributed by atoms with Gasteiger partial charge in [0.1, 0.15) is 11.5 Å². The van der Waals surface area contributed by atoms with E-state index in [1.807, 2.05) is 48.5 Å². The third kappa shape index (κ3) is 3.03. The topological polar surface area (TPSA) is 47.7 Å². The molecule has 0 atom stereocenters. The van der Waals surface area contributed by atoms with Crippen LogP contribution in [0.25, 0.3) is 0 Å². The lowest BCUT2D eigenvalue weighted by molar-refractivity contribution is 0.407. The Hall–Kier alpha value is -2.20. The summed E-state index contributed by atoms with van der Waals surface area (Å²) in [7, 11) is 3.34. The zero-order chi connectivity index (χ0) is 14.4. The summed E-state index contributed by atoms with van der Waals surface area (Å²) in [6.07, 6.45) is 0. The van der Waals surface area contributed by atoms with E-state index < -0.39 is 0 Å². The van der Waals surface area contributed by atoms with E-state index in [9.17, 15) is 0 Å². The van der Waals surface area contributed by atoms with Crippen LogP contribution in [-0.2, 0) is 6.54 Å². The Kier molecular flexibility index (Phi) is 4.85. The highest BCUT2D eigenvalue weighted by molar-refractivity contribution is 5.59. The number of para-hydroxylation sites is 3. The van der Waals surface area contributed by atoms with Gasteiger partial charge in [-0.2, -0.15) is 0 Å². The van der Waals surface area contributed by atoms with E-state index in [-0.39, 0.29) is 0 Å². The number of methoxy groups -OCH3 is 2. The van der Waals surface area contributed by atoms with Crippen molar-refractivity contribution >= 4 is 5.69 Å². The molecule has 2 aromatic carbocycles. The van der Waals surface area contributed by atoms with Gasteiger partial charge in [-0.05, 0) is 18.2 Å². The standard InChI is InChI=1S/C16H20N2O2/c1-19-15-9-5-3-7-13(15)11-18(12-17)14-8-4-6-10-16(14)20-2/h3-10H,11-12,17H2,1-2H3. The van der Waals surface area contributed by atoms with Gasteiger partial charge in [-0.3, -0.25) is 0 Å². The third-order valence-electron chi connectivity index (χ3n) is 3.20. The molecule has 0 saturated carbocycles. The van der Waals surface area contributed by atoms with Crippen LogP contribution in [0.5, 0.6) is 11.5 Å². The molecule has 106 valence electrons. The number of benzene rings is 2. The van der Waals surface area contributed by atoms with E-state index in [1.165, 1.54) is 0 Å². The average molecular weight is 272 g/mol. The van der Waals surface area contributed by atoms with Gasteiger partial charge < -0.3 is 20.1 Å². The Morgan fingerprint density at radius 3 is 2.15 bits per heavy atom. The maximum absolute atomic E-state index is 5.90. The lowest BCUT2D eigenvalue weighted by Gasteiger charge is -2.25. The SMILES string of the molecule is COc1ccccc1CN(CN)c1ccccc1OC. The quantitative estimate of drug-likeness (QED) is 0.821. The van der Waals surface area contributed by atoms with Gasteiger partial charge in [0, 0.05) is 12.1 Å². The van der Waals surface area contributed by atoms with Gasteiger partial charge >= 0.3 is 0 Å². The second-order valence-corrected chi connectivity index (χ2v) is 4.36. The monoisotopic (exact) mass is 272 g/mol. The molecule has 4 nitrogen and oxygen atoms in total. The minimum absolute atomic E-state index is 0.401. The Labute approximate surface area is 119 Å². The van der Waals surface area contributed by atoms with Crippen molar-refractivity contribution in [2.24, 2.45) is 5.73 Å². The number of anilines is 1. The maximum atomic E-state index is 5.90. The fraction of sp³-hybridized carbons (Fsp3) is 0.250. The largest absolute Gasteiger partial charge is 0.496 e. The van der Waals surface area contributed by atoms with Crippen LogP contribution in [0.1, 0.15) is 5.56 Å². The van der Waals surface area contributed by atoms with Gasteiger partial charge in [-0.25, -0.2) is 0 Å². The smallest absolute Gasteiger partial charge is 0.142 e. The van der Waals surface area contributed by atoms with Crippen LogP contribution < -0.4 is 20.1 Å². The molecule has 20 heavy (non-hydrogen) atoms. The molecule has 0 aliphatic carbocycles. The van der Waals surface area contributed by atoms with E-state index in [0.29, 0.717) is 13.2 Å². The molecule has 0 spiro atoms. The van der Waals surface area contributed by atoms with Crippen molar-refractivity contribution in [2.75, 3.05) is 25.8 Å². The van der Waals surface area contributed by atoms with Crippen molar-refractivity contribution in [1.82, 2.24) is 0 Å². The van der Waals surface area contributed by atoms with E-state index >= 15 is 0 Å². The minimum atomic E-state index is 0.401. The van der Waals surface area contributed by atoms with Gasteiger partial charge in [0.2, 0.25) is 0 Å². The fourth-order valence-corrected chi connectivity index (χ4v) is 2.18. The number of hydrogen-bond acceptors (Lipinski definition) is 4. The highest BCUT2D eigenvalue weighted by Gasteiger charge is 2.12. The third-order valence-corrected chi connectivity index (χ3v) is 3.20. The summed E-state index contributed by atoms with van der Waals surface area (Å²) in [5, 5.41) is 0. The molecule has 0 heterocycles. The van der Waals surface area contributed by atoms with Crippen LogP contribution in [0.15, 0.2) is 48.5 Å². The summed E-state index contributed by atoms with van der Waals surface area (Å²) in [4.78, 5) is 2.05. The fourth-order valence-electron chi connectivity index (χ4n) is 2.18. The molecular weight excluding hydrogens is 252 g/mol. The Balaban J connectivity index is 2.29. The maximum Gasteiger partial charge on any atom is 0.142 e. The second kappa shape index (κ2) is 6.82. The summed E-state index contributed by atoms with van der Waals surface area (Å²) in [5.74, 6) is 1.67. The minimum Gasteiger partial charge on any atom is -0.496 e. The van der Waals surface area contributed by atoms with E-state index in [0.717, 1.165) is 22.7 Å². The van der Waals surface area contributed by atoms with Crippen molar-refractivity contribution < 1.29 is 9.47 Å². The lowest BCUT2D eigenvalue weighted by Crippen LogP contribution is -2.29. The van der Waals surface area contributed by atoms with E-state index in [2.05, 4.69) is 4.90 Å². The number of rotatable bonds is 6. The van der Waals surface area contributed by atoms with Crippen LogP contribution >= 0.6 is 0 Å². The van der Waals surface area contributed by atoms with Crippen molar-refractivity contribution in [3.8, 4) is 11.5 Å². The van der Waals surface area contributed by atoms with Crippen LogP contribution in [0, 0.1) is 0 Å². The van der Waals surface area contributed by atoms with Gasteiger partial charge in [-0.15, -0.1) is 0 Å². The van der Waals surface area contributed by atoms with Gasteiger partial charge in [0.05, 0.1) is 26.6 Å². The first-order chi connectivity index (χ1) is 9.80. The molecule has 0 bridgehead atoms. The molecule has 0 radical (unpaired) electrons. The van der Waals surface area contributed by atoms with Gasteiger partial charge in [0.25, 0.3) is 0 Å². The van der Waals surface area contributed by atoms with Crippen LogP contribution in [0.2, 0.25) is 0 Å². The zero-order valence-corrected chi connectivity index (χ0v) is 11.9. The van der Waals surface area contributed by atoms with Gasteiger partial charge in [-0.1, -0.05) is 30.3 Å². The molecule has 4 heteroatoms. The number of nitrogens with two attached hydrogens (primary N) is 1. The summed E-state index contributed by atoms with van der Waals surface area (Å²) >= 11 is 0. The molecule has 2 aromatic rings. The molecular formula is C16H20N2O2. The molecule has 0 amide bonds. The Morgan fingerprint density at radius 2 is 1.50 bits per heavy atom. The molecule has 0 aromatic heterocycles. The van der Waals surface area contributed by atoms with Gasteiger partial charge in [0.15, 0.2) is 0 Å². The van der Waals surface area contributed by atoms with Crippen LogP contribution in [0.4, 0.5) is 5.69 Å². The normalized spacial score (nSPS) is 10.2. The highest BCUT2D eigenvalue weighted by atomic mass is 16.5. The molecule has 0 saturated heterocycles. The van der Waals surface area contributed by atoms with E-state index in [1.54, 1.807) is 14.2 Å². The first kappa shape index (κ1) is 14.2. The van der Waals surface area contributed by atoms with Crippen molar-refractivity contribution in [3.05, 3.63) is 54.1 Å². The lowest BCUT2D eigenvalue weighted by atomic mass is 10.1. The summed E-state index contributed by atoms with van der Waals surface area (Å²) in [6, 6.07) is 15.8. The average Bonchev–Trinajstić information content (AvgIpc) is 2.53. The second-order valence-electron chi connectivity index (χ2n) is 4.36. The van der Waals surface area contributed by atoms with Crippen LogP contribution in [-0.4, -0.2) is 20.9 Å². The molecule has 0 unspecified atom stereocenters. The van der Waals surface area contributed by atoms with Crippen LogP contribution in [0.3, 0.4) is 0 Å². The molecule has 2 rings (SSSR count). The van der Waals surface area contributed by atoms with Crippen molar-refractivity contribution in [2.45, 2.75) is 6.54 Å². The summed E-state index contributed by atoms with van der Waals surface area (Å²) in [5.41, 5.74) is 7.96. The summed E-state index contributed by atoms with van der Waals surface area (Å²) in [6.45, 7) is 1.07. The highest BCUT2D eigenvalue weighted by Crippen LogP contribution is 2.29. The summed E-state index contributed by atoms with van der Waals surface area (Å²) < 4.78 is 10.8. The number of hydrogen-bond donors (Lipinski definition) is 1. The molecule has 0 aliphatic rings. The number of ether oxygens (including phenoxy) is 2. The van der Waals surface area contributed by atoms with Crippen molar-refractivity contribution in [3.63, 3.8) is 0 Å². The Morgan fingerprint density at radius 1 is 0.900 bits per heavy atom. The predicted molar refractivity (Wildman–Crippen MR) is 81.2 cm³/mol. The molecule has 2 N–H and O–H groups in total. The predicted octanol–water partition coefficient (Wildman–Crippen LogP) is 2.63. The Bertz CT molecular complexity index is 558. The number of nitrogens with zero attached hydrogens (tertiary/aromatic N) is 1. The molecule has 0 fully saturated rings. The first-order valence-corrected chi connectivity index (χ1v) is 6.50.